The fraction of sp³-hybridized carbons (Fsp3) is 0.929. The van der Waals surface area contributed by atoms with Gasteiger partial charge in [0.25, 0.3) is 0 Å². The van der Waals surface area contributed by atoms with Gasteiger partial charge in [0.1, 0.15) is 0 Å². The monoisotopic (exact) mass is 240 g/mol. The van der Waals surface area contributed by atoms with Crippen molar-refractivity contribution in [2.75, 3.05) is 13.2 Å². The molecule has 0 aliphatic carbocycles. The zero-order valence-electron chi connectivity index (χ0n) is 11.7. The van der Waals surface area contributed by atoms with Gasteiger partial charge in [0.2, 0.25) is 5.91 Å². The first-order valence-electron chi connectivity index (χ1n) is 7.18. The van der Waals surface area contributed by atoms with Crippen molar-refractivity contribution >= 4 is 5.91 Å². The highest BCUT2D eigenvalue weighted by Gasteiger charge is 2.40. The molecule has 3 nitrogen and oxygen atoms in total. The number of amides is 1. The van der Waals surface area contributed by atoms with Crippen LogP contribution in [0.2, 0.25) is 0 Å². The quantitative estimate of drug-likeness (QED) is 0.662. The van der Waals surface area contributed by atoms with Crippen LogP contribution in [0, 0.1) is 0 Å². The van der Waals surface area contributed by atoms with Crippen molar-refractivity contribution < 1.29 is 4.79 Å². The fourth-order valence-corrected chi connectivity index (χ4v) is 2.31. The molecule has 1 atom stereocenters. The number of hydrogen-bond acceptors (Lipinski definition) is 2. The number of nitrogens with zero attached hydrogens (tertiary/aromatic N) is 1. The molecule has 1 saturated heterocycles. The van der Waals surface area contributed by atoms with Crippen LogP contribution >= 0.6 is 0 Å². The molecule has 1 amide bonds. The van der Waals surface area contributed by atoms with Gasteiger partial charge >= 0.3 is 0 Å². The summed E-state index contributed by atoms with van der Waals surface area (Å²) < 4.78 is 0. The van der Waals surface area contributed by atoms with E-state index in [2.05, 4.69) is 19.2 Å². The van der Waals surface area contributed by atoms with E-state index in [0.29, 0.717) is 0 Å². The Morgan fingerprint density at radius 1 is 1.18 bits per heavy atom. The Balaban J connectivity index is 2.15. The largest absolute Gasteiger partial charge is 0.328 e. The van der Waals surface area contributed by atoms with E-state index in [-0.39, 0.29) is 11.4 Å². The molecule has 1 fully saturated rings. The number of nitrogens with one attached hydrogen (secondary N) is 1. The number of rotatable bonds is 8. The Bertz CT molecular complexity index is 242. The molecule has 0 aromatic heterocycles. The Labute approximate surface area is 106 Å². The van der Waals surface area contributed by atoms with Crippen LogP contribution in [-0.4, -0.2) is 29.6 Å². The fourth-order valence-electron chi connectivity index (χ4n) is 2.31. The van der Waals surface area contributed by atoms with E-state index < -0.39 is 0 Å². The highest BCUT2D eigenvalue weighted by Crippen LogP contribution is 2.19. The van der Waals surface area contributed by atoms with Gasteiger partial charge in [-0.05, 0) is 19.8 Å². The molecule has 0 bridgehead atoms. The molecule has 0 saturated carbocycles. The third kappa shape index (κ3) is 3.98. The van der Waals surface area contributed by atoms with Gasteiger partial charge in [-0.25, -0.2) is 0 Å². The number of carbonyl (C=O) groups excluding carboxylic acids is 1. The van der Waals surface area contributed by atoms with Crippen molar-refractivity contribution in [3.63, 3.8) is 0 Å². The molecule has 1 aliphatic rings. The molecule has 0 radical (unpaired) electrons. The lowest BCUT2D eigenvalue weighted by atomic mass is 9.99. The van der Waals surface area contributed by atoms with Gasteiger partial charge < -0.3 is 4.90 Å². The van der Waals surface area contributed by atoms with Gasteiger partial charge in [-0.3, -0.25) is 10.1 Å². The minimum absolute atomic E-state index is 0.286. The van der Waals surface area contributed by atoms with Crippen LogP contribution in [0.3, 0.4) is 0 Å². The van der Waals surface area contributed by atoms with E-state index in [1.54, 1.807) is 0 Å². The second-order valence-corrected chi connectivity index (χ2v) is 5.36. The van der Waals surface area contributed by atoms with Gasteiger partial charge in [-0.15, -0.1) is 0 Å². The maximum atomic E-state index is 12.1. The van der Waals surface area contributed by atoms with E-state index in [0.717, 1.165) is 26.1 Å². The smallest absolute Gasteiger partial charge is 0.243 e. The molecule has 0 aromatic carbocycles. The molecule has 100 valence electrons. The summed E-state index contributed by atoms with van der Waals surface area (Å²) in [7, 11) is 0. The number of unbranched alkanes of at least 4 members (excludes halogenated alkanes) is 5. The first kappa shape index (κ1) is 14.5. The third-order valence-corrected chi connectivity index (χ3v) is 3.91. The lowest BCUT2D eigenvalue weighted by molar-refractivity contribution is -0.132. The minimum Gasteiger partial charge on any atom is -0.328 e. The van der Waals surface area contributed by atoms with Crippen molar-refractivity contribution in [3.05, 3.63) is 0 Å². The average molecular weight is 240 g/mol. The first-order valence-corrected chi connectivity index (χ1v) is 7.18. The second kappa shape index (κ2) is 7.00. The normalized spacial score (nSPS) is 24.6. The van der Waals surface area contributed by atoms with E-state index in [9.17, 15) is 4.79 Å². The summed E-state index contributed by atoms with van der Waals surface area (Å²) in [6.45, 7) is 7.97. The molecule has 17 heavy (non-hydrogen) atoms. The average Bonchev–Trinajstić information content (AvgIpc) is 2.62. The SMILES string of the molecule is CCCCCCCCN1CNC(C)(CC)C1=O. The van der Waals surface area contributed by atoms with Crippen molar-refractivity contribution in [2.24, 2.45) is 0 Å². The Morgan fingerprint density at radius 2 is 1.82 bits per heavy atom. The van der Waals surface area contributed by atoms with Gasteiger partial charge in [-0.1, -0.05) is 46.0 Å². The van der Waals surface area contributed by atoms with Crippen LogP contribution in [0.25, 0.3) is 0 Å². The van der Waals surface area contributed by atoms with Gasteiger partial charge in [0, 0.05) is 6.54 Å². The summed E-state index contributed by atoms with van der Waals surface area (Å²) in [5.41, 5.74) is -0.303. The third-order valence-electron chi connectivity index (χ3n) is 3.91. The molecule has 3 heteroatoms. The van der Waals surface area contributed by atoms with Gasteiger partial charge in [0.15, 0.2) is 0 Å². The highest BCUT2D eigenvalue weighted by atomic mass is 16.2. The summed E-state index contributed by atoms with van der Waals surface area (Å²) in [5, 5.41) is 3.32. The van der Waals surface area contributed by atoms with Crippen LogP contribution in [-0.2, 0) is 4.79 Å². The summed E-state index contributed by atoms with van der Waals surface area (Å²) in [4.78, 5) is 14.1. The zero-order chi connectivity index (χ0) is 12.7. The van der Waals surface area contributed by atoms with Crippen LogP contribution in [0.15, 0.2) is 0 Å². The standard InChI is InChI=1S/C14H28N2O/c1-4-6-7-8-9-10-11-16-12-15-14(3,5-2)13(16)17/h15H,4-12H2,1-3H3. The second-order valence-electron chi connectivity index (χ2n) is 5.36. The van der Waals surface area contributed by atoms with E-state index in [4.69, 9.17) is 0 Å². The van der Waals surface area contributed by atoms with E-state index in [1.165, 1.54) is 32.1 Å². The maximum absolute atomic E-state index is 12.1. The topological polar surface area (TPSA) is 32.3 Å². The molecule has 0 aromatic rings. The first-order chi connectivity index (χ1) is 8.14. The molecule has 1 rings (SSSR count). The van der Waals surface area contributed by atoms with Crippen molar-refractivity contribution in [1.29, 1.82) is 0 Å². The molecular weight excluding hydrogens is 212 g/mol. The van der Waals surface area contributed by atoms with E-state index in [1.807, 2.05) is 11.8 Å². The predicted molar refractivity (Wildman–Crippen MR) is 71.8 cm³/mol. The van der Waals surface area contributed by atoms with Gasteiger partial charge in [-0.2, -0.15) is 0 Å². The maximum Gasteiger partial charge on any atom is 0.243 e. The summed E-state index contributed by atoms with van der Waals surface area (Å²) >= 11 is 0. The van der Waals surface area contributed by atoms with Crippen molar-refractivity contribution in [2.45, 2.75) is 71.3 Å². The van der Waals surface area contributed by atoms with Crippen LogP contribution in [0.5, 0.6) is 0 Å². The Kier molecular flexibility index (Phi) is 5.96. The molecule has 1 N–H and O–H groups in total. The van der Waals surface area contributed by atoms with Crippen LogP contribution < -0.4 is 5.32 Å². The van der Waals surface area contributed by atoms with Crippen LogP contribution in [0.1, 0.15) is 65.7 Å². The van der Waals surface area contributed by atoms with Gasteiger partial charge in [0.05, 0.1) is 12.2 Å². The lowest BCUT2D eigenvalue weighted by Crippen LogP contribution is -2.43. The Hall–Kier alpha value is -0.570. The summed E-state index contributed by atoms with van der Waals surface area (Å²) in [6.07, 6.45) is 8.58. The van der Waals surface area contributed by atoms with E-state index >= 15 is 0 Å². The highest BCUT2D eigenvalue weighted by molar-refractivity contribution is 5.87. The molecular formula is C14H28N2O. The number of hydrogen-bond donors (Lipinski definition) is 1. The lowest BCUT2D eigenvalue weighted by Gasteiger charge is -2.20. The molecule has 1 aliphatic heterocycles. The molecule has 0 spiro atoms. The molecule has 1 heterocycles. The summed E-state index contributed by atoms with van der Waals surface area (Å²) in [5.74, 6) is 0.286. The number of carbonyl (C=O) groups is 1. The predicted octanol–water partition coefficient (Wildman–Crippen LogP) is 2.90. The van der Waals surface area contributed by atoms with Crippen molar-refractivity contribution in [3.8, 4) is 0 Å². The molecule has 1 unspecified atom stereocenters. The minimum atomic E-state index is -0.303. The van der Waals surface area contributed by atoms with Crippen molar-refractivity contribution in [1.82, 2.24) is 10.2 Å². The van der Waals surface area contributed by atoms with Crippen LogP contribution in [0.4, 0.5) is 0 Å². The summed E-state index contributed by atoms with van der Waals surface area (Å²) in [6, 6.07) is 0. The zero-order valence-corrected chi connectivity index (χ0v) is 11.7. The Morgan fingerprint density at radius 3 is 2.41 bits per heavy atom.